The number of aliphatic hydroxyl groups is 1. The zero-order chi connectivity index (χ0) is 9.03. The maximum Gasteiger partial charge on any atom is 0.0681 e. The van der Waals surface area contributed by atoms with E-state index in [1.807, 2.05) is 6.92 Å². The van der Waals surface area contributed by atoms with Crippen LogP contribution in [0.15, 0.2) is 0 Å². The number of hydrogen-bond acceptors (Lipinski definition) is 2. The van der Waals surface area contributed by atoms with E-state index >= 15 is 0 Å². The molecule has 2 nitrogen and oxygen atoms in total. The fourth-order valence-corrected chi connectivity index (χ4v) is 1.82. The van der Waals surface area contributed by atoms with Crippen LogP contribution < -0.4 is 0 Å². The second-order valence-electron chi connectivity index (χ2n) is 3.71. The van der Waals surface area contributed by atoms with Crippen LogP contribution in [0.2, 0.25) is 0 Å². The summed E-state index contributed by atoms with van der Waals surface area (Å²) in [6, 6.07) is 0. The quantitative estimate of drug-likeness (QED) is 0.621. The van der Waals surface area contributed by atoms with Gasteiger partial charge in [-0.3, -0.25) is 0 Å². The molecule has 0 amide bonds. The minimum atomic E-state index is -0.314. The molecule has 0 saturated heterocycles. The van der Waals surface area contributed by atoms with E-state index < -0.39 is 0 Å². The third-order valence-corrected chi connectivity index (χ3v) is 2.79. The Morgan fingerprint density at radius 1 is 1.50 bits per heavy atom. The molecule has 1 fully saturated rings. The highest BCUT2D eigenvalue weighted by Gasteiger charge is 2.50. The summed E-state index contributed by atoms with van der Waals surface area (Å²) in [5.41, 5.74) is -0.314. The average molecular weight is 172 g/mol. The summed E-state index contributed by atoms with van der Waals surface area (Å²) in [5, 5.41) is 9.83. The highest BCUT2D eigenvalue weighted by molar-refractivity contribution is 5.02. The lowest BCUT2D eigenvalue weighted by molar-refractivity contribution is 0.0905. The van der Waals surface area contributed by atoms with Gasteiger partial charge in [-0.05, 0) is 32.1 Å². The first-order chi connectivity index (χ1) is 5.73. The molecular formula is C10H20O2. The molecule has 2 heteroatoms. The fraction of sp³-hybridized carbons (Fsp3) is 1.00. The van der Waals surface area contributed by atoms with Gasteiger partial charge in [-0.15, -0.1) is 0 Å². The number of rotatable bonds is 6. The van der Waals surface area contributed by atoms with E-state index in [0.717, 1.165) is 38.9 Å². The summed E-state index contributed by atoms with van der Waals surface area (Å²) in [6.07, 6.45) is 4.05. The molecule has 1 aliphatic rings. The van der Waals surface area contributed by atoms with E-state index in [0.29, 0.717) is 5.92 Å². The van der Waals surface area contributed by atoms with Gasteiger partial charge in [0.05, 0.1) is 5.60 Å². The molecule has 2 atom stereocenters. The Hall–Kier alpha value is -0.0800. The van der Waals surface area contributed by atoms with Crippen molar-refractivity contribution in [2.45, 2.75) is 45.1 Å². The molecule has 1 saturated carbocycles. The Bertz CT molecular complexity index is 136. The maximum atomic E-state index is 9.83. The van der Waals surface area contributed by atoms with Gasteiger partial charge >= 0.3 is 0 Å². The van der Waals surface area contributed by atoms with Crippen molar-refractivity contribution in [2.24, 2.45) is 5.92 Å². The predicted molar refractivity (Wildman–Crippen MR) is 49.1 cm³/mol. The SMILES string of the molecule is CCOCCCC1(O)CC1CC. The lowest BCUT2D eigenvalue weighted by atomic mass is 10.1. The van der Waals surface area contributed by atoms with E-state index in [-0.39, 0.29) is 5.60 Å². The maximum absolute atomic E-state index is 9.83. The van der Waals surface area contributed by atoms with Crippen LogP contribution in [0.3, 0.4) is 0 Å². The van der Waals surface area contributed by atoms with Gasteiger partial charge in [0.1, 0.15) is 0 Å². The smallest absolute Gasteiger partial charge is 0.0681 e. The Morgan fingerprint density at radius 2 is 2.25 bits per heavy atom. The van der Waals surface area contributed by atoms with E-state index in [2.05, 4.69) is 6.92 Å². The third-order valence-electron chi connectivity index (χ3n) is 2.79. The van der Waals surface area contributed by atoms with Crippen molar-refractivity contribution in [3.8, 4) is 0 Å². The van der Waals surface area contributed by atoms with Crippen molar-refractivity contribution in [2.75, 3.05) is 13.2 Å². The molecule has 12 heavy (non-hydrogen) atoms. The zero-order valence-electron chi connectivity index (χ0n) is 8.18. The minimum absolute atomic E-state index is 0.314. The average Bonchev–Trinajstić information content (AvgIpc) is 2.72. The first kappa shape index (κ1) is 10.0. The summed E-state index contributed by atoms with van der Waals surface area (Å²) in [5.74, 6) is 0.569. The second kappa shape index (κ2) is 4.24. The van der Waals surface area contributed by atoms with Crippen LogP contribution in [-0.4, -0.2) is 23.9 Å². The molecule has 1 N–H and O–H groups in total. The van der Waals surface area contributed by atoms with Gasteiger partial charge in [0.2, 0.25) is 0 Å². The molecule has 0 aromatic heterocycles. The van der Waals surface area contributed by atoms with Gasteiger partial charge in [0.15, 0.2) is 0 Å². The summed E-state index contributed by atoms with van der Waals surface area (Å²) in [6.45, 7) is 5.73. The van der Waals surface area contributed by atoms with Crippen LogP contribution >= 0.6 is 0 Å². The molecule has 0 aromatic carbocycles. The highest BCUT2D eigenvalue weighted by Crippen LogP contribution is 2.48. The third kappa shape index (κ3) is 2.46. The molecule has 0 spiro atoms. The van der Waals surface area contributed by atoms with Crippen LogP contribution in [0.25, 0.3) is 0 Å². The number of hydrogen-bond donors (Lipinski definition) is 1. The molecule has 0 bridgehead atoms. The summed E-state index contributed by atoms with van der Waals surface area (Å²) < 4.78 is 5.21. The lowest BCUT2D eigenvalue weighted by Gasteiger charge is -2.08. The van der Waals surface area contributed by atoms with E-state index in [4.69, 9.17) is 4.74 Å². The molecule has 0 radical (unpaired) electrons. The Kier molecular flexibility index (Phi) is 3.53. The first-order valence-corrected chi connectivity index (χ1v) is 5.03. The summed E-state index contributed by atoms with van der Waals surface area (Å²) in [4.78, 5) is 0. The molecule has 0 aliphatic heterocycles. The molecule has 72 valence electrons. The molecular weight excluding hydrogens is 152 g/mol. The van der Waals surface area contributed by atoms with Gasteiger partial charge in [-0.1, -0.05) is 13.3 Å². The molecule has 0 heterocycles. The topological polar surface area (TPSA) is 29.5 Å². The minimum Gasteiger partial charge on any atom is -0.390 e. The highest BCUT2D eigenvalue weighted by atomic mass is 16.5. The molecule has 2 unspecified atom stereocenters. The van der Waals surface area contributed by atoms with E-state index in [1.165, 1.54) is 0 Å². The fourth-order valence-electron chi connectivity index (χ4n) is 1.82. The van der Waals surface area contributed by atoms with Crippen molar-refractivity contribution in [1.29, 1.82) is 0 Å². The van der Waals surface area contributed by atoms with Gasteiger partial charge in [0.25, 0.3) is 0 Å². The van der Waals surface area contributed by atoms with Crippen molar-refractivity contribution in [3.05, 3.63) is 0 Å². The zero-order valence-corrected chi connectivity index (χ0v) is 8.18. The Morgan fingerprint density at radius 3 is 2.75 bits per heavy atom. The van der Waals surface area contributed by atoms with Gasteiger partial charge in [0, 0.05) is 13.2 Å². The Labute approximate surface area is 74.9 Å². The van der Waals surface area contributed by atoms with E-state index in [9.17, 15) is 5.11 Å². The Balaban J connectivity index is 2.01. The van der Waals surface area contributed by atoms with Gasteiger partial charge in [-0.25, -0.2) is 0 Å². The first-order valence-electron chi connectivity index (χ1n) is 5.03. The van der Waals surface area contributed by atoms with Crippen molar-refractivity contribution < 1.29 is 9.84 Å². The monoisotopic (exact) mass is 172 g/mol. The summed E-state index contributed by atoms with van der Waals surface area (Å²) >= 11 is 0. The van der Waals surface area contributed by atoms with Crippen molar-refractivity contribution >= 4 is 0 Å². The van der Waals surface area contributed by atoms with Gasteiger partial charge in [-0.2, -0.15) is 0 Å². The van der Waals surface area contributed by atoms with Crippen LogP contribution in [0.1, 0.15) is 39.5 Å². The summed E-state index contributed by atoms with van der Waals surface area (Å²) in [7, 11) is 0. The predicted octanol–water partition coefficient (Wildman–Crippen LogP) is 1.96. The largest absolute Gasteiger partial charge is 0.390 e. The van der Waals surface area contributed by atoms with E-state index in [1.54, 1.807) is 0 Å². The normalized spacial score (nSPS) is 33.8. The van der Waals surface area contributed by atoms with Crippen LogP contribution in [-0.2, 0) is 4.74 Å². The second-order valence-corrected chi connectivity index (χ2v) is 3.71. The van der Waals surface area contributed by atoms with Crippen LogP contribution in [0.4, 0.5) is 0 Å². The van der Waals surface area contributed by atoms with Crippen molar-refractivity contribution in [3.63, 3.8) is 0 Å². The van der Waals surface area contributed by atoms with Crippen LogP contribution in [0.5, 0.6) is 0 Å². The molecule has 0 aromatic rings. The van der Waals surface area contributed by atoms with Crippen LogP contribution in [0, 0.1) is 5.92 Å². The lowest BCUT2D eigenvalue weighted by Crippen LogP contribution is -2.11. The number of ether oxygens (including phenoxy) is 1. The standard InChI is InChI=1S/C10H20O2/c1-3-9-8-10(9,11)6-5-7-12-4-2/h9,11H,3-8H2,1-2H3. The molecule has 1 rings (SSSR count). The molecule has 1 aliphatic carbocycles. The van der Waals surface area contributed by atoms with Crippen molar-refractivity contribution in [1.82, 2.24) is 0 Å². The van der Waals surface area contributed by atoms with Gasteiger partial charge < -0.3 is 9.84 Å².